The number of benzene rings is 1. The van der Waals surface area contributed by atoms with Crippen molar-refractivity contribution in [2.24, 2.45) is 0 Å². The summed E-state index contributed by atoms with van der Waals surface area (Å²) in [4.78, 5) is 0. The van der Waals surface area contributed by atoms with Crippen molar-refractivity contribution >= 4 is 50.5 Å². The van der Waals surface area contributed by atoms with E-state index in [0.717, 1.165) is 0 Å². The van der Waals surface area contributed by atoms with E-state index < -0.39 is 0 Å². The van der Waals surface area contributed by atoms with Crippen LogP contribution in [-0.2, 0) is 0 Å². The van der Waals surface area contributed by atoms with Crippen LogP contribution in [0.1, 0.15) is 71.1 Å². The molecule has 110 valence electrons. The summed E-state index contributed by atoms with van der Waals surface area (Å²) >= 11 is 3.69. The second-order valence-corrected chi connectivity index (χ2v) is 7.72. The molecule has 1 rings (SSSR count). The number of unbranched alkanes of at least 4 members (excludes halogenated alkanes) is 9. The number of hydrogen-bond donors (Lipinski definition) is 0. The molecule has 0 heterocycles. The molecule has 0 aliphatic rings. The van der Waals surface area contributed by atoms with Crippen molar-refractivity contribution in [3.8, 4) is 0 Å². The van der Waals surface area contributed by atoms with Gasteiger partial charge in [0, 0.05) is 3.57 Å². The molecule has 1 aromatic carbocycles. The molecule has 0 spiro atoms. The van der Waals surface area contributed by atoms with Gasteiger partial charge in [-0.2, -0.15) is 0 Å². The Balaban J connectivity index is 0.000000428. The Hall–Kier alpha value is 0.950. The van der Waals surface area contributed by atoms with Gasteiger partial charge in [-0.3, -0.25) is 0 Å². The first kappa shape index (κ1) is 20.9. The second kappa shape index (κ2) is 18.0. The average molecular weight is 396 g/mol. The van der Waals surface area contributed by atoms with Crippen molar-refractivity contribution in [1.29, 1.82) is 0 Å². The van der Waals surface area contributed by atoms with E-state index in [-0.39, 0.29) is 0 Å². The molecule has 1 aromatic rings. The third-order valence-electron chi connectivity index (χ3n) is 3.44. The zero-order valence-electron chi connectivity index (χ0n) is 13.5. The number of rotatable bonds is 10. The van der Waals surface area contributed by atoms with Crippen molar-refractivity contribution in [1.82, 2.24) is 0 Å². The Morgan fingerprint density at radius 1 is 0.750 bits per heavy atom. The van der Waals surface area contributed by atoms with E-state index in [1.807, 2.05) is 18.2 Å². The van der Waals surface area contributed by atoms with Crippen molar-refractivity contribution in [2.45, 2.75) is 74.8 Å². The Morgan fingerprint density at radius 2 is 1.20 bits per heavy atom. The standard InChI is InChI=1S/C12H25.C6H5I.Na/c1-3-5-7-9-11-12-10-8-6-4-2;7-6-4-2-1-3-5-6;/h1,3-12H2,2H3;1-5H;. The van der Waals surface area contributed by atoms with Gasteiger partial charge >= 0.3 is 103 Å². The van der Waals surface area contributed by atoms with Gasteiger partial charge in [-0.05, 0) is 34.7 Å². The van der Waals surface area contributed by atoms with Crippen LogP contribution in [0.4, 0.5) is 0 Å². The predicted molar refractivity (Wildman–Crippen MR) is 102 cm³/mol. The molecule has 20 heavy (non-hydrogen) atoms. The third-order valence-corrected chi connectivity index (χ3v) is 4.87. The van der Waals surface area contributed by atoms with Gasteiger partial charge in [0.1, 0.15) is 0 Å². The number of halogens is 1. The molecule has 0 atom stereocenters. The molecule has 0 saturated carbocycles. The Kier molecular flexibility index (Phi) is 18.9. The van der Waals surface area contributed by atoms with E-state index in [9.17, 15) is 0 Å². The van der Waals surface area contributed by atoms with Gasteiger partial charge in [-0.15, -0.1) is 0 Å². The van der Waals surface area contributed by atoms with Crippen LogP contribution in [0.5, 0.6) is 0 Å². The first-order chi connectivity index (χ1) is 9.81. The quantitative estimate of drug-likeness (QED) is 0.232. The smallest absolute Gasteiger partial charge is 0.0130 e. The fourth-order valence-electron chi connectivity index (χ4n) is 2.15. The molecule has 0 aliphatic heterocycles. The van der Waals surface area contributed by atoms with Crippen LogP contribution in [0.3, 0.4) is 0 Å². The first-order valence-electron chi connectivity index (χ1n) is 8.51. The van der Waals surface area contributed by atoms with Crippen LogP contribution in [0, 0.1) is 3.57 Å². The average Bonchev–Trinajstić information content (AvgIpc) is 2.47. The van der Waals surface area contributed by atoms with Crippen LogP contribution in [-0.4, -0.2) is 27.9 Å². The van der Waals surface area contributed by atoms with Gasteiger partial charge in [-0.1, -0.05) is 18.2 Å². The van der Waals surface area contributed by atoms with Gasteiger partial charge in [-0.25, -0.2) is 0 Å². The van der Waals surface area contributed by atoms with Crippen LogP contribution in [0.2, 0.25) is 3.67 Å². The molecule has 0 nitrogen and oxygen atoms in total. The summed E-state index contributed by atoms with van der Waals surface area (Å²) in [6, 6.07) is 10.2. The molecule has 2 heteroatoms. The fraction of sp³-hybridized carbons (Fsp3) is 0.667. The molecule has 0 aromatic heterocycles. The molecule has 0 N–H and O–H groups in total. The van der Waals surface area contributed by atoms with Crippen LogP contribution in [0.25, 0.3) is 0 Å². The maximum Gasteiger partial charge on any atom is 0.0130 e. The Labute approximate surface area is 158 Å². The summed E-state index contributed by atoms with van der Waals surface area (Å²) in [5.41, 5.74) is 0. The van der Waals surface area contributed by atoms with E-state index in [1.54, 1.807) is 0 Å². The van der Waals surface area contributed by atoms with Gasteiger partial charge in [0.25, 0.3) is 0 Å². The van der Waals surface area contributed by atoms with Crippen molar-refractivity contribution in [3.63, 3.8) is 0 Å². The largest absolute Gasteiger partial charge is 0.0622 e. The molecule has 0 aliphatic carbocycles. The normalized spacial score (nSPS) is 10.0. The molecule has 0 radical (unpaired) electrons. The summed E-state index contributed by atoms with van der Waals surface area (Å²) < 4.78 is 2.80. The fourth-order valence-corrected chi connectivity index (χ4v) is 3.07. The monoisotopic (exact) mass is 396 g/mol. The van der Waals surface area contributed by atoms with Crippen molar-refractivity contribution < 1.29 is 0 Å². The second-order valence-electron chi connectivity index (χ2n) is 5.48. The van der Waals surface area contributed by atoms with E-state index in [4.69, 9.17) is 0 Å². The third kappa shape index (κ3) is 17.0. The Morgan fingerprint density at radius 3 is 1.55 bits per heavy atom. The van der Waals surface area contributed by atoms with E-state index in [2.05, 4.69) is 41.6 Å². The minimum absolute atomic E-state index is 1.29. The zero-order valence-corrected chi connectivity index (χ0v) is 17.7. The van der Waals surface area contributed by atoms with E-state index in [1.165, 1.54) is 99.4 Å². The van der Waals surface area contributed by atoms with Gasteiger partial charge < -0.3 is 0 Å². The van der Waals surface area contributed by atoms with Crippen LogP contribution in [0.15, 0.2) is 30.3 Å². The molecule has 0 unspecified atom stereocenters. The van der Waals surface area contributed by atoms with Crippen LogP contribution >= 0.6 is 22.6 Å². The summed E-state index contributed by atoms with van der Waals surface area (Å²) in [6.45, 7) is 2.29. The summed E-state index contributed by atoms with van der Waals surface area (Å²) in [6.07, 6.45) is 14.7. The predicted octanol–water partition coefficient (Wildman–Crippen LogP) is 6.79. The van der Waals surface area contributed by atoms with Crippen LogP contribution < -0.4 is 0 Å². The SMILES string of the molecule is CCCCCCCCCCC[CH2][Na].Ic1ccccc1. The number of hydrogen-bond acceptors (Lipinski definition) is 0. The molecule has 0 amide bonds. The van der Waals surface area contributed by atoms with E-state index in [0.29, 0.717) is 0 Å². The van der Waals surface area contributed by atoms with Gasteiger partial charge in [0.2, 0.25) is 0 Å². The van der Waals surface area contributed by atoms with E-state index >= 15 is 0 Å². The molecule has 0 fully saturated rings. The zero-order chi connectivity index (χ0) is 14.9. The summed E-state index contributed by atoms with van der Waals surface area (Å²) in [7, 11) is 0. The van der Waals surface area contributed by atoms with Crippen molar-refractivity contribution in [2.75, 3.05) is 0 Å². The first-order valence-corrected chi connectivity index (χ1v) is 11.0. The minimum Gasteiger partial charge on any atom is -0.0622 e. The maximum absolute atomic E-state index is 2.29. The summed E-state index contributed by atoms with van der Waals surface area (Å²) in [5, 5.41) is 0. The topological polar surface area (TPSA) is 0 Å². The molecular formula is C18H30INa. The summed E-state index contributed by atoms with van der Waals surface area (Å²) in [5.74, 6) is 0. The van der Waals surface area contributed by atoms with Crippen molar-refractivity contribution in [3.05, 3.63) is 33.9 Å². The molecular weight excluding hydrogens is 366 g/mol. The van der Waals surface area contributed by atoms with Gasteiger partial charge in [0.15, 0.2) is 0 Å². The maximum atomic E-state index is 2.29. The molecule has 0 saturated heterocycles. The molecule has 0 bridgehead atoms. The minimum atomic E-state index is 1.29. The Bertz CT molecular complexity index is 264. The van der Waals surface area contributed by atoms with Gasteiger partial charge in [0.05, 0.1) is 0 Å².